The highest BCUT2D eigenvalue weighted by atomic mass is 35.5. The van der Waals surface area contributed by atoms with Crippen LogP contribution in [0.1, 0.15) is 6.42 Å². The summed E-state index contributed by atoms with van der Waals surface area (Å²) in [5, 5.41) is 29.2. The van der Waals surface area contributed by atoms with E-state index >= 15 is 0 Å². The molecule has 3 atom stereocenters. The fourth-order valence-corrected chi connectivity index (χ4v) is 6.36. The molecular formula is C20H16ClN5O4S2. The van der Waals surface area contributed by atoms with Crippen molar-refractivity contribution in [1.82, 2.24) is 14.6 Å². The minimum atomic E-state index is -3.98. The van der Waals surface area contributed by atoms with Crippen LogP contribution in [0.3, 0.4) is 0 Å². The molecule has 2 aromatic heterocycles. The molecule has 0 radical (unpaired) electrons. The third kappa shape index (κ3) is 4.13. The minimum absolute atomic E-state index is 0.0198. The Kier molecular flexibility index (Phi) is 5.79. The number of nitriles is 2. The third-order valence-corrected chi connectivity index (χ3v) is 8.61. The van der Waals surface area contributed by atoms with E-state index in [1.54, 1.807) is 18.2 Å². The van der Waals surface area contributed by atoms with Gasteiger partial charge in [-0.1, -0.05) is 17.7 Å². The van der Waals surface area contributed by atoms with Crippen molar-refractivity contribution in [1.29, 1.82) is 10.5 Å². The Labute approximate surface area is 192 Å². The normalized spacial score (nSPS) is 25.6. The smallest absolute Gasteiger partial charge is 0.250 e. The van der Waals surface area contributed by atoms with Gasteiger partial charge in [0.25, 0.3) is 10.0 Å². The summed E-state index contributed by atoms with van der Waals surface area (Å²) in [7, 11) is -3.98. The van der Waals surface area contributed by atoms with Gasteiger partial charge in [0.2, 0.25) is 5.91 Å². The van der Waals surface area contributed by atoms with Gasteiger partial charge in [-0.05, 0) is 36.8 Å². The number of carbonyl (C=O) groups excluding carboxylic acids is 1. The van der Waals surface area contributed by atoms with Crippen molar-refractivity contribution in [3.8, 4) is 12.1 Å². The third-order valence-electron chi connectivity index (χ3n) is 5.37. The zero-order chi connectivity index (χ0) is 23.1. The maximum atomic E-state index is 12.9. The standard InChI is InChI=1S/C20H16ClN5O4S2/c21-17-2-1-16-15(24-17)8-18(31-16)32(29,30)25-14-4-6-26(19(14)27)10-13-7-12(9-22)3-5-20(13,28)11-23/h1-3,5,7-8,13-14,25,28H,4,6,10H2/t13?,14-,20?/m0/s1. The van der Waals surface area contributed by atoms with E-state index in [0.717, 1.165) is 11.3 Å². The Morgan fingerprint density at radius 3 is 2.91 bits per heavy atom. The highest BCUT2D eigenvalue weighted by Crippen LogP contribution is 2.31. The highest BCUT2D eigenvalue weighted by molar-refractivity contribution is 7.91. The fourth-order valence-electron chi connectivity index (χ4n) is 3.65. The van der Waals surface area contributed by atoms with Crippen LogP contribution >= 0.6 is 22.9 Å². The summed E-state index contributed by atoms with van der Waals surface area (Å²) < 4.78 is 28.8. The second-order valence-corrected chi connectivity index (χ2v) is 10.9. The monoisotopic (exact) mass is 489 g/mol. The first-order chi connectivity index (χ1) is 15.1. The Morgan fingerprint density at radius 1 is 1.41 bits per heavy atom. The number of allylic oxidation sites excluding steroid dienone is 2. The summed E-state index contributed by atoms with van der Waals surface area (Å²) in [4.78, 5) is 18.3. The molecule has 0 bridgehead atoms. The number of nitrogens with one attached hydrogen (secondary N) is 1. The number of thiophene rings is 1. The maximum Gasteiger partial charge on any atom is 0.250 e. The lowest BCUT2D eigenvalue weighted by Crippen LogP contribution is -2.46. The molecule has 1 saturated heterocycles. The van der Waals surface area contributed by atoms with Gasteiger partial charge >= 0.3 is 0 Å². The number of nitrogens with zero attached hydrogens (tertiary/aromatic N) is 4. The number of sulfonamides is 1. The lowest BCUT2D eigenvalue weighted by atomic mass is 9.82. The molecule has 3 heterocycles. The van der Waals surface area contributed by atoms with E-state index in [0.29, 0.717) is 10.2 Å². The molecular weight excluding hydrogens is 474 g/mol. The molecule has 2 unspecified atom stereocenters. The molecule has 0 saturated carbocycles. The molecule has 2 aromatic rings. The van der Waals surface area contributed by atoms with Crippen LogP contribution in [-0.4, -0.2) is 54.0 Å². The van der Waals surface area contributed by atoms with E-state index in [1.165, 1.54) is 29.2 Å². The van der Waals surface area contributed by atoms with Gasteiger partial charge in [0, 0.05) is 24.6 Å². The van der Waals surface area contributed by atoms with Crippen LogP contribution in [-0.2, 0) is 14.8 Å². The number of pyridine rings is 1. The van der Waals surface area contributed by atoms with Crippen LogP contribution in [0, 0.1) is 28.6 Å². The van der Waals surface area contributed by atoms with E-state index in [9.17, 15) is 23.6 Å². The summed E-state index contributed by atoms with van der Waals surface area (Å²) in [6.07, 6.45) is 4.27. The lowest BCUT2D eigenvalue weighted by molar-refractivity contribution is -0.129. The second kappa shape index (κ2) is 8.28. The first kappa shape index (κ1) is 22.4. The first-order valence-electron chi connectivity index (χ1n) is 9.47. The van der Waals surface area contributed by atoms with Crippen molar-refractivity contribution in [3.63, 3.8) is 0 Å². The van der Waals surface area contributed by atoms with Crippen molar-refractivity contribution in [2.75, 3.05) is 13.1 Å². The predicted octanol–water partition coefficient (Wildman–Crippen LogP) is 1.72. The second-order valence-electron chi connectivity index (χ2n) is 7.44. The van der Waals surface area contributed by atoms with Crippen molar-refractivity contribution < 1.29 is 18.3 Å². The number of hydrogen-bond acceptors (Lipinski definition) is 8. The molecule has 1 aliphatic carbocycles. The van der Waals surface area contributed by atoms with Crippen molar-refractivity contribution in [2.24, 2.45) is 5.92 Å². The van der Waals surface area contributed by atoms with Gasteiger partial charge in [-0.25, -0.2) is 13.4 Å². The highest BCUT2D eigenvalue weighted by Gasteiger charge is 2.41. The summed E-state index contributed by atoms with van der Waals surface area (Å²) in [6.45, 7) is 0.217. The molecule has 4 rings (SSSR count). The average molecular weight is 490 g/mol. The van der Waals surface area contributed by atoms with Gasteiger partial charge in [-0.15, -0.1) is 11.3 Å². The van der Waals surface area contributed by atoms with E-state index < -0.39 is 33.5 Å². The Balaban J connectivity index is 1.49. The maximum absolute atomic E-state index is 12.9. The van der Waals surface area contributed by atoms with Crippen LogP contribution < -0.4 is 4.72 Å². The van der Waals surface area contributed by atoms with Crippen molar-refractivity contribution in [3.05, 3.63) is 47.2 Å². The molecule has 32 heavy (non-hydrogen) atoms. The minimum Gasteiger partial charge on any atom is -0.371 e. The molecule has 9 nitrogen and oxygen atoms in total. The summed E-state index contributed by atoms with van der Waals surface area (Å²) >= 11 is 6.88. The van der Waals surface area contributed by atoms with E-state index in [-0.39, 0.29) is 34.4 Å². The molecule has 0 aromatic carbocycles. The van der Waals surface area contributed by atoms with E-state index in [4.69, 9.17) is 16.9 Å². The first-order valence-corrected chi connectivity index (χ1v) is 12.1. The Morgan fingerprint density at radius 2 is 2.19 bits per heavy atom. The molecule has 2 N–H and O–H groups in total. The molecule has 164 valence electrons. The quantitative estimate of drug-likeness (QED) is 0.480. The van der Waals surface area contributed by atoms with Crippen LogP contribution in [0.15, 0.2) is 46.2 Å². The summed E-state index contributed by atoms with van der Waals surface area (Å²) in [5.74, 6) is -1.28. The summed E-state index contributed by atoms with van der Waals surface area (Å²) in [5.41, 5.74) is -1.13. The van der Waals surface area contributed by atoms with Crippen LogP contribution in [0.5, 0.6) is 0 Å². The zero-order valence-corrected chi connectivity index (χ0v) is 18.8. The van der Waals surface area contributed by atoms with Gasteiger partial charge in [0.15, 0.2) is 5.60 Å². The Hall–Kier alpha value is -2.80. The zero-order valence-electron chi connectivity index (χ0n) is 16.4. The van der Waals surface area contributed by atoms with Crippen molar-refractivity contribution >= 4 is 49.1 Å². The molecule has 1 fully saturated rings. The van der Waals surface area contributed by atoms with Crippen LogP contribution in [0.2, 0.25) is 5.15 Å². The largest absolute Gasteiger partial charge is 0.371 e. The fraction of sp³-hybridized carbons (Fsp3) is 0.300. The van der Waals surface area contributed by atoms with Gasteiger partial charge in [-0.3, -0.25) is 4.79 Å². The Bertz CT molecular complexity index is 1350. The van der Waals surface area contributed by atoms with E-state index in [2.05, 4.69) is 9.71 Å². The lowest BCUT2D eigenvalue weighted by Gasteiger charge is -2.31. The molecule has 0 spiro atoms. The van der Waals surface area contributed by atoms with Crippen LogP contribution in [0.4, 0.5) is 0 Å². The number of fused-ring (bicyclic) bond motifs is 1. The number of halogens is 1. The van der Waals surface area contributed by atoms with Gasteiger partial charge in [0.1, 0.15) is 21.5 Å². The summed E-state index contributed by atoms with van der Waals surface area (Å²) in [6, 6.07) is 7.42. The molecule has 12 heteroatoms. The van der Waals surface area contributed by atoms with Crippen LogP contribution in [0.25, 0.3) is 10.2 Å². The van der Waals surface area contributed by atoms with Gasteiger partial charge < -0.3 is 10.0 Å². The molecule has 1 aliphatic heterocycles. The SMILES string of the molecule is N#CC1=CC(CN2CC[C@H](NS(=O)(=O)c3cc4nc(Cl)ccc4s3)C2=O)C(O)(C#N)C=C1. The number of likely N-dealkylation sites (tertiary alicyclic amines) is 1. The number of aliphatic hydroxyl groups is 1. The topological polar surface area (TPSA) is 147 Å². The van der Waals surface area contributed by atoms with E-state index in [1.807, 2.05) is 6.07 Å². The number of rotatable bonds is 5. The molecule has 1 amide bonds. The number of carbonyl (C=O) groups is 1. The van der Waals surface area contributed by atoms with Gasteiger partial charge in [0.05, 0.1) is 16.3 Å². The molecule has 2 aliphatic rings. The predicted molar refractivity (Wildman–Crippen MR) is 117 cm³/mol. The number of amides is 1. The number of hydrogen-bond donors (Lipinski definition) is 2. The van der Waals surface area contributed by atoms with Gasteiger partial charge in [-0.2, -0.15) is 15.2 Å². The number of aromatic nitrogens is 1. The average Bonchev–Trinajstić information content (AvgIpc) is 3.34. The van der Waals surface area contributed by atoms with Crippen molar-refractivity contribution in [2.45, 2.75) is 22.3 Å².